The minimum Gasteiger partial charge on any atom is -0.492 e. The smallest absolute Gasteiger partial charge is 0.193 e. The molecule has 1 N–H and O–H groups in total. The highest BCUT2D eigenvalue weighted by Gasteiger charge is 2.05. The number of rotatable bonds is 11. The fourth-order valence-corrected chi connectivity index (χ4v) is 2.04. The van der Waals surface area contributed by atoms with Crippen molar-refractivity contribution in [3.05, 3.63) is 30.3 Å². The van der Waals surface area contributed by atoms with Crippen molar-refractivity contribution in [3.63, 3.8) is 0 Å². The number of nitrogens with one attached hydrogen (secondary N) is 1. The van der Waals surface area contributed by atoms with Crippen molar-refractivity contribution in [2.24, 2.45) is 4.99 Å². The van der Waals surface area contributed by atoms with E-state index in [1.807, 2.05) is 44.3 Å². The zero-order chi connectivity index (χ0) is 16.8. The van der Waals surface area contributed by atoms with Gasteiger partial charge >= 0.3 is 0 Å². The molecular formula is C18H31N3O2. The van der Waals surface area contributed by atoms with E-state index in [0.717, 1.165) is 57.4 Å². The highest BCUT2D eigenvalue weighted by molar-refractivity contribution is 5.79. The molecule has 23 heavy (non-hydrogen) atoms. The third-order valence-corrected chi connectivity index (χ3v) is 3.30. The second kappa shape index (κ2) is 12.8. The molecule has 5 heteroatoms. The molecule has 0 heterocycles. The van der Waals surface area contributed by atoms with Crippen molar-refractivity contribution in [2.75, 3.05) is 46.5 Å². The maximum Gasteiger partial charge on any atom is 0.193 e. The zero-order valence-corrected chi connectivity index (χ0v) is 14.8. The van der Waals surface area contributed by atoms with Crippen LogP contribution in [-0.4, -0.2) is 57.4 Å². The molecule has 0 atom stereocenters. The average molecular weight is 321 g/mol. The first kappa shape index (κ1) is 19.3. The second-order valence-electron chi connectivity index (χ2n) is 5.22. The topological polar surface area (TPSA) is 46.1 Å². The predicted molar refractivity (Wildman–Crippen MR) is 96.3 cm³/mol. The molecule has 0 spiro atoms. The van der Waals surface area contributed by atoms with Gasteiger partial charge in [0.25, 0.3) is 0 Å². The van der Waals surface area contributed by atoms with Crippen molar-refractivity contribution in [1.29, 1.82) is 0 Å². The summed E-state index contributed by atoms with van der Waals surface area (Å²) in [5.74, 6) is 1.83. The Morgan fingerprint density at radius 3 is 2.61 bits per heavy atom. The van der Waals surface area contributed by atoms with Gasteiger partial charge < -0.3 is 19.7 Å². The summed E-state index contributed by atoms with van der Waals surface area (Å²) in [5.41, 5.74) is 0. The molecule has 0 aliphatic heterocycles. The standard InChI is InChI=1S/C18H31N3O2/c1-4-19-18(20-13-9-10-15-22-5-2)21(3)14-16-23-17-11-7-6-8-12-17/h6-8,11-12H,4-5,9-10,13-16H2,1-3H3,(H,19,20). The summed E-state index contributed by atoms with van der Waals surface area (Å²) in [5, 5.41) is 3.32. The number of hydrogen-bond acceptors (Lipinski definition) is 3. The Morgan fingerprint density at radius 2 is 1.91 bits per heavy atom. The lowest BCUT2D eigenvalue weighted by molar-refractivity contribution is 0.144. The molecule has 0 bridgehead atoms. The quantitative estimate of drug-likeness (QED) is 0.387. The van der Waals surface area contributed by atoms with Crippen LogP contribution in [0.3, 0.4) is 0 Å². The van der Waals surface area contributed by atoms with Crippen LogP contribution in [0.25, 0.3) is 0 Å². The number of ether oxygens (including phenoxy) is 2. The third-order valence-electron chi connectivity index (χ3n) is 3.30. The van der Waals surface area contributed by atoms with E-state index < -0.39 is 0 Å². The van der Waals surface area contributed by atoms with E-state index in [9.17, 15) is 0 Å². The molecule has 5 nitrogen and oxygen atoms in total. The second-order valence-corrected chi connectivity index (χ2v) is 5.22. The predicted octanol–water partition coefficient (Wildman–Crippen LogP) is 2.78. The average Bonchev–Trinajstić information content (AvgIpc) is 2.58. The van der Waals surface area contributed by atoms with Gasteiger partial charge in [0.1, 0.15) is 12.4 Å². The first-order chi connectivity index (χ1) is 11.3. The molecule has 1 rings (SSSR count). The van der Waals surface area contributed by atoms with E-state index in [4.69, 9.17) is 9.47 Å². The summed E-state index contributed by atoms with van der Waals surface area (Å²) < 4.78 is 11.1. The molecule has 0 aliphatic rings. The van der Waals surface area contributed by atoms with Crippen molar-refractivity contribution in [1.82, 2.24) is 10.2 Å². The molecule has 0 unspecified atom stereocenters. The maximum absolute atomic E-state index is 5.73. The highest BCUT2D eigenvalue weighted by Crippen LogP contribution is 2.07. The third kappa shape index (κ3) is 9.08. The summed E-state index contributed by atoms with van der Waals surface area (Å²) in [6.45, 7) is 8.82. The summed E-state index contributed by atoms with van der Waals surface area (Å²) in [6, 6.07) is 9.88. The maximum atomic E-state index is 5.73. The van der Waals surface area contributed by atoms with Gasteiger partial charge in [-0.3, -0.25) is 4.99 Å². The van der Waals surface area contributed by atoms with Crippen LogP contribution >= 0.6 is 0 Å². The van der Waals surface area contributed by atoms with Gasteiger partial charge in [0.05, 0.1) is 6.54 Å². The van der Waals surface area contributed by atoms with Gasteiger partial charge in [-0.15, -0.1) is 0 Å². The van der Waals surface area contributed by atoms with Crippen molar-refractivity contribution in [3.8, 4) is 5.75 Å². The minimum absolute atomic E-state index is 0.634. The summed E-state index contributed by atoms with van der Waals surface area (Å²) >= 11 is 0. The number of unbranched alkanes of at least 4 members (excludes halogenated alkanes) is 1. The van der Waals surface area contributed by atoms with E-state index in [-0.39, 0.29) is 0 Å². The molecule has 0 fully saturated rings. The Kier molecular flexibility index (Phi) is 10.7. The minimum atomic E-state index is 0.634. The number of hydrogen-bond donors (Lipinski definition) is 1. The van der Waals surface area contributed by atoms with Gasteiger partial charge in [0.15, 0.2) is 5.96 Å². The molecule has 1 aromatic rings. The van der Waals surface area contributed by atoms with E-state index in [1.165, 1.54) is 0 Å². The molecule has 0 aromatic heterocycles. The zero-order valence-electron chi connectivity index (χ0n) is 14.8. The first-order valence-electron chi connectivity index (χ1n) is 8.53. The van der Waals surface area contributed by atoms with Crippen LogP contribution in [0.2, 0.25) is 0 Å². The van der Waals surface area contributed by atoms with Crippen LogP contribution in [0.15, 0.2) is 35.3 Å². The van der Waals surface area contributed by atoms with Gasteiger partial charge in [0, 0.05) is 33.4 Å². The van der Waals surface area contributed by atoms with Crippen molar-refractivity contribution in [2.45, 2.75) is 26.7 Å². The fraction of sp³-hybridized carbons (Fsp3) is 0.611. The molecule has 0 radical (unpaired) electrons. The van der Waals surface area contributed by atoms with E-state index in [2.05, 4.69) is 22.1 Å². The van der Waals surface area contributed by atoms with Gasteiger partial charge in [-0.2, -0.15) is 0 Å². The molecule has 0 saturated carbocycles. The van der Waals surface area contributed by atoms with Crippen LogP contribution in [0, 0.1) is 0 Å². The lowest BCUT2D eigenvalue weighted by Crippen LogP contribution is -2.41. The van der Waals surface area contributed by atoms with Crippen molar-refractivity contribution < 1.29 is 9.47 Å². The molecule has 0 amide bonds. The van der Waals surface area contributed by atoms with E-state index in [0.29, 0.717) is 6.61 Å². The Morgan fingerprint density at radius 1 is 1.13 bits per heavy atom. The summed E-state index contributed by atoms with van der Waals surface area (Å²) in [4.78, 5) is 6.76. The lowest BCUT2D eigenvalue weighted by Gasteiger charge is -2.22. The van der Waals surface area contributed by atoms with Gasteiger partial charge in [0.2, 0.25) is 0 Å². The van der Waals surface area contributed by atoms with Crippen LogP contribution in [0.5, 0.6) is 5.75 Å². The Bertz CT molecular complexity index is 424. The number of nitrogens with zero attached hydrogens (tertiary/aromatic N) is 2. The van der Waals surface area contributed by atoms with E-state index in [1.54, 1.807) is 0 Å². The number of guanidine groups is 1. The number of likely N-dealkylation sites (N-methyl/N-ethyl adjacent to an activating group) is 1. The van der Waals surface area contributed by atoms with Crippen LogP contribution in [-0.2, 0) is 4.74 Å². The summed E-state index contributed by atoms with van der Waals surface area (Å²) in [7, 11) is 2.04. The molecule has 1 aromatic carbocycles. The van der Waals surface area contributed by atoms with E-state index >= 15 is 0 Å². The monoisotopic (exact) mass is 321 g/mol. The lowest BCUT2D eigenvalue weighted by atomic mass is 10.3. The van der Waals surface area contributed by atoms with Gasteiger partial charge in [-0.1, -0.05) is 18.2 Å². The van der Waals surface area contributed by atoms with Gasteiger partial charge in [-0.05, 0) is 38.8 Å². The summed E-state index contributed by atoms with van der Waals surface area (Å²) in [6.07, 6.45) is 2.10. The molecular weight excluding hydrogens is 290 g/mol. The SMILES string of the molecule is CCNC(=NCCCCOCC)N(C)CCOc1ccccc1. The Balaban J connectivity index is 2.30. The van der Waals surface area contributed by atoms with Crippen LogP contribution in [0.1, 0.15) is 26.7 Å². The Hall–Kier alpha value is -1.75. The van der Waals surface area contributed by atoms with Gasteiger partial charge in [-0.25, -0.2) is 0 Å². The molecule has 130 valence electrons. The highest BCUT2D eigenvalue weighted by atomic mass is 16.5. The normalized spacial score (nSPS) is 11.3. The number of aliphatic imine (C=N–C) groups is 1. The first-order valence-corrected chi connectivity index (χ1v) is 8.53. The largest absolute Gasteiger partial charge is 0.492 e. The number of para-hydroxylation sites is 1. The van der Waals surface area contributed by atoms with Crippen LogP contribution in [0.4, 0.5) is 0 Å². The van der Waals surface area contributed by atoms with Crippen LogP contribution < -0.4 is 10.1 Å². The number of benzene rings is 1. The molecule has 0 saturated heterocycles. The Labute approximate surface area is 140 Å². The fourth-order valence-electron chi connectivity index (χ4n) is 2.04. The molecule has 0 aliphatic carbocycles. The van der Waals surface area contributed by atoms with Crippen molar-refractivity contribution >= 4 is 5.96 Å².